The van der Waals surface area contributed by atoms with E-state index in [0.717, 1.165) is 22.2 Å². The van der Waals surface area contributed by atoms with Crippen LogP contribution in [0.25, 0.3) is 0 Å². The van der Waals surface area contributed by atoms with Gasteiger partial charge in [-0.3, -0.25) is 14.6 Å². The summed E-state index contributed by atoms with van der Waals surface area (Å²) in [4.78, 5) is 30.8. The second-order valence-electron chi connectivity index (χ2n) is 7.44. The number of nitrogens with zero attached hydrogens (tertiary/aromatic N) is 1. The molecule has 2 atom stereocenters. The highest BCUT2D eigenvalue weighted by atomic mass is 79.9. The SMILES string of the molecule is CCOCCOC(=O)C1C(C)=NC2=C(C(=O)CCC2)[C@H]1c1cc(OC)c(OC)cc1Br. The quantitative estimate of drug-likeness (QED) is 0.398. The molecule has 0 radical (unpaired) electrons. The number of ketones is 1. The molecule has 0 spiro atoms. The van der Waals surface area contributed by atoms with Gasteiger partial charge in [-0.25, -0.2) is 0 Å². The van der Waals surface area contributed by atoms with E-state index in [1.54, 1.807) is 20.3 Å². The average molecular weight is 494 g/mol. The van der Waals surface area contributed by atoms with Gasteiger partial charge < -0.3 is 18.9 Å². The van der Waals surface area contributed by atoms with Crippen molar-refractivity contribution in [2.75, 3.05) is 34.0 Å². The van der Waals surface area contributed by atoms with Crippen LogP contribution in [-0.2, 0) is 19.1 Å². The van der Waals surface area contributed by atoms with E-state index < -0.39 is 17.8 Å². The third-order valence-corrected chi connectivity index (χ3v) is 6.29. The molecule has 0 bridgehead atoms. The van der Waals surface area contributed by atoms with Gasteiger partial charge in [0.15, 0.2) is 17.3 Å². The molecule has 1 aliphatic carbocycles. The highest BCUT2D eigenvalue weighted by molar-refractivity contribution is 9.10. The van der Waals surface area contributed by atoms with Crippen molar-refractivity contribution in [2.24, 2.45) is 10.9 Å². The van der Waals surface area contributed by atoms with Gasteiger partial charge in [0.1, 0.15) is 12.5 Å². The summed E-state index contributed by atoms with van der Waals surface area (Å²) in [5, 5.41) is 0. The number of carbonyl (C=O) groups excluding carboxylic acids is 2. The molecule has 0 amide bonds. The molecule has 1 aromatic rings. The average Bonchev–Trinajstić information content (AvgIpc) is 2.75. The Morgan fingerprint density at radius 3 is 2.55 bits per heavy atom. The number of Topliss-reactive ketones (excluding diaryl/α,β-unsaturated/α-hetero) is 1. The molecule has 8 heteroatoms. The van der Waals surface area contributed by atoms with Crippen LogP contribution in [0, 0.1) is 5.92 Å². The summed E-state index contributed by atoms with van der Waals surface area (Å²) in [5.74, 6) is -0.547. The van der Waals surface area contributed by atoms with Crippen LogP contribution in [0.1, 0.15) is 44.6 Å². The van der Waals surface area contributed by atoms with Gasteiger partial charge in [-0.2, -0.15) is 0 Å². The fourth-order valence-corrected chi connectivity index (χ4v) is 4.76. The zero-order valence-electron chi connectivity index (χ0n) is 18.3. The molecule has 0 saturated heterocycles. The van der Waals surface area contributed by atoms with E-state index in [4.69, 9.17) is 18.9 Å². The number of hydrogen-bond acceptors (Lipinski definition) is 7. The zero-order valence-corrected chi connectivity index (χ0v) is 19.9. The molecule has 3 rings (SSSR count). The summed E-state index contributed by atoms with van der Waals surface area (Å²) in [6.07, 6.45) is 1.92. The zero-order chi connectivity index (χ0) is 22.5. The van der Waals surface area contributed by atoms with Crippen molar-refractivity contribution in [3.05, 3.63) is 33.4 Å². The Hall–Kier alpha value is -2.19. The van der Waals surface area contributed by atoms with Gasteiger partial charge >= 0.3 is 5.97 Å². The molecule has 0 saturated carbocycles. The Kier molecular flexibility index (Phi) is 7.89. The van der Waals surface area contributed by atoms with Gasteiger partial charge in [0.25, 0.3) is 0 Å². The minimum atomic E-state index is -0.711. The summed E-state index contributed by atoms with van der Waals surface area (Å²) < 4.78 is 22.4. The molecular formula is C23H28BrNO6. The fourth-order valence-electron chi connectivity index (χ4n) is 4.19. The van der Waals surface area contributed by atoms with Gasteiger partial charge in [0.05, 0.1) is 20.8 Å². The van der Waals surface area contributed by atoms with Gasteiger partial charge in [-0.1, -0.05) is 15.9 Å². The molecular weight excluding hydrogens is 466 g/mol. The van der Waals surface area contributed by atoms with E-state index in [2.05, 4.69) is 20.9 Å². The summed E-state index contributed by atoms with van der Waals surface area (Å²) in [5.41, 5.74) is 2.76. The number of allylic oxidation sites excluding steroid dienone is 2. The Labute approximate surface area is 190 Å². The highest BCUT2D eigenvalue weighted by Gasteiger charge is 2.44. The Bertz CT molecular complexity index is 923. The molecule has 1 heterocycles. The van der Waals surface area contributed by atoms with Gasteiger partial charge in [0, 0.05) is 40.4 Å². The smallest absolute Gasteiger partial charge is 0.315 e. The topological polar surface area (TPSA) is 83.4 Å². The van der Waals surface area contributed by atoms with Crippen LogP contribution in [-0.4, -0.2) is 51.5 Å². The molecule has 7 nitrogen and oxygen atoms in total. The van der Waals surface area contributed by atoms with E-state index in [9.17, 15) is 9.59 Å². The van der Waals surface area contributed by atoms with Crippen LogP contribution in [0.2, 0.25) is 0 Å². The number of ether oxygens (including phenoxy) is 4. The molecule has 1 aromatic carbocycles. The normalized spacial score (nSPS) is 20.8. The van der Waals surface area contributed by atoms with Crippen LogP contribution in [0.15, 0.2) is 32.9 Å². The lowest BCUT2D eigenvalue weighted by molar-refractivity contribution is -0.148. The lowest BCUT2D eigenvalue weighted by atomic mass is 9.71. The molecule has 1 aliphatic heterocycles. The number of carbonyl (C=O) groups is 2. The highest BCUT2D eigenvalue weighted by Crippen LogP contribution is 2.47. The molecule has 168 valence electrons. The predicted molar refractivity (Wildman–Crippen MR) is 120 cm³/mol. The van der Waals surface area contributed by atoms with Crippen LogP contribution >= 0.6 is 15.9 Å². The number of hydrogen-bond donors (Lipinski definition) is 0. The van der Waals surface area contributed by atoms with E-state index in [-0.39, 0.29) is 12.4 Å². The maximum atomic E-state index is 13.2. The Morgan fingerprint density at radius 1 is 1.16 bits per heavy atom. The standard InChI is InChI=1S/C23H28BrNO6/c1-5-30-9-10-31-23(27)20-13(2)25-16-7-6-8-17(26)22(16)21(20)14-11-18(28-3)19(29-4)12-15(14)24/h11-12,20-21H,5-10H2,1-4H3/t20?,21-/m0/s1. The number of methoxy groups -OCH3 is 2. The first-order valence-corrected chi connectivity index (χ1v) is 11.2. The van der Waals surface area contributed by atoms with Crippen molar-refractivity contribution in [2.45, 2.75) is 39.0 Å². The van der Waals surface area contributed by atoms with Crippen LogP contribution in [0.5, 0.6) is 11.5 Å². The van der Waals surface area contributed by atoms with Gasteiger partial charge in [-0.05, 0) is 44.4 Å². The van der Waals surface area contributed by atoms with Crippen LogP contribution in [0.4, 0.5) is 0 Å². The summed E-state index contributed by atoms with van der Waals surface area (Å²) in [7, 11) is 3.12. The van der Waals surface area contributed by atoms with Gasteiger partial charge in [0.2, 0.25) is 0 Å². The number of halogens is 1. The van der Waals surface area contributed by atoms with Crippen molar-refractivity contribution in [1.29, 1.82) is 0 Å². The molecule has 2 aliphatic rings. The first-order valence-electron chi connectivity index (χ1n) is 10.4. The number of benzene rings is 1. The number of aliphatic imine (C=N–C) groups is 1. The van der Waals surface area contributed by atoms with Crippen molar-refractivity contribution >= 4 is 33.4 Å². The molecule has 0 fully saturated rings. The maximum absolute atomic E-state index is 13.2. The Morgan fingerprint density at radius 2 is 1.87 bits per heavy atom. The van der Waals surface area contributed by atoms with Crippen molar-refractivity contribution in [1.82, 2.24) is 0 Å². The Balaban J connectivity index is 2.09. The van der Waals surface area contributed by atoms with E-state index in [1.165, 1.54) is 0 Å². The lowest BCUT2D eigenvalue weighted by Crippen LogP contribution is -2.37. The lowest BCUT2D eigenvalue weighted by Gasteiger charge is -2.35. The first-order chi connectivity index (χ1) is 14.9. The van der Waals surface area contributed by atoms with E-state index in [0.29, 0.717) is 48.8 Å². The number of rotatable bonds is 8. The van der Waals surface area contributed by atoms with Crippen molar-refractivity contribution < 1.29 is 28.5 Å². The minimum Gasteiger partial charge on any atom is -0.493 e. The van der Waals surface area contributed by atoms with Gasteiger partial charge in [-0.15, -0.1) is 0 Å². The van der Waals surface area contributed by atoms with E-state index in [1.807, 2.05) is 19.9 Å². The number of esters is 1. The largest absolute Gasteiger partial charge is 0.493 e. The summed E-state index contributed by atoms with van der Waals surface area (Å²) >= 11 is 3.61. The second-order valence-corrected chi connectivity index (χ2v) is 8.29. The van der Waals surface area contributed by atoms with Crippen molar-refractivity contribution in [3.8, 4) is 11.5 Å². The monoisotopic (exact) mass is 493 g/mol. The third-order valence-electron chi connectivity index (χ3n) is 5.60. The fraction of sp³-hybridized carbons (Fsp3) is 0.522. The van der Waals surface area contributed by atoms with Crippen LogP contribution in [0.3, 0.4) is 0 Å². The summed E-state index contributed by atoms with van der Waals surface area (Å²) in [6, 6.07) is 3.61. The van der Waals surface area contributed by atoms with E-state index >= 15 is 0 Å². The predicted octanol–water partition coefficient (Wildman–Crippen LogP) is 4.23. The third kappa shape index (κ3) is 4.85. The molecule has 1 unspecified atom stereocenters. The summed E-state index contributed by atoms with van der Waals surface area (Å²) in [6.45, 7) is 4.72. The minimum absolute atomic E-state index is 0.0244. The van der Waals surface area contributed by atoms with Crippen LogP contribution < -0.4 is 9.47 Å². The molecule has 31 heavy (non-hydrogen) atoms. The molecule has 0 aromatic heterocycles. The second kappa shape index (κ2) is 10.4. The first kappa shape index (κ1) is 23.5. The maximum Gasteiger partial charge on any atom is 0.315 e. The van der Waals surface area contributed by atoms with Crippen molar-refractivity contribution in [3.63, 3.8) is 0 Å². The molecule has 0 N–H and O–H groups in total.